The molecule has 1 saturated carbocycles. The lowest BCUT2D eigenvalue weighted by atomic mass is 9.69. The lowest BCUT2D eigenvalue weighted by Gasteiger charge is -2.36. The quantitative estimate of drug-likeness (QED) is 0.349. The topological polar surface area (TPSA) is 92.1 Å². The number of aryl methyl sites for hydroxylation is 1. The average Bonchev–Trinajstić information content (AvgIpc) is 2.99. The van der Waals surface area contributed by atoms with Crippen LogP contribution in [0.4, 0.5) is 10.1 Å². The number of carbonyl (C=O) groups is 1. The fraction of sp³-hybridized carbons (Fsp3) is 0.360. The summed E-state index contributed by atoms with van der Waals surface area (Å²) in [5.41, 5.74) is 12.2. The minimum absolute atomic E-state index is 0.187. The normalized spacial score (nSPS) is 18.4. The van der Waals surface area contributed by atoms with Crippen molar-refractivity contribution in [1.82, 2.24) is 4.57 Å². The molecule has 0 amide bonds. The SMILES string of the molecule is Cc1cc(-n2c(C(C)C)c(C3CC(CC(=O)O)C3)c3cc(N)c(C=N)cc32)ccc1F. The highest BCUT2D eigenvalue weighted by atomic mass is 19.1. The number of carboxylic acids is 1. The minimum atomic E-state index is -0.753. The maximum absolute atomic E-state index is 14.0. The molecule has 1 aromatic heterocycles. The van der Waals surface area contributed by atoms with Gasteiger partial charge in [0.25, 0.3) is 0 Å². The van der Waals surface area contributed by atoms with Gasteiger partial charge in [-0.2, -0.15) is 0 Å². The number of nitrogen functional groups attached to an aromatic ring is 1. The number of hydrogen-bond donors (Lipinski definition) is 3. The molecule has 2 aromatic carbocycles. The Bertz CT molecular complexity index is 1190. The molecular formula is C25H28FN3O2. The molecule has 4 N–H and O–H groups in total. The zero-order valence-corrected chi connectivity index (χ0v) is 18.1. The standard InChI is InChI=1S/C25H28FN3O2/c1-13(2)25-24(16-7-15(8-16)9-23(30)31)19-11-21(28)17(12-27)10-22(19)29(25)18-4-5-20(26)14(3)6-18/h4-6,10-13,15-16,27H,7-9,28H2,1-3H3,(H,30,31). The molecule has 1 fully saturated rings. The number of aliphatic carboxylic acids is 1. The fourth-order valence-electron chi connectivity index (χ4n) is 4.96. The highest BCUT2D eigenvalue weighted by Crippen LogP contribution is 2.50. The van der Waals surface area contributed by atoms with E-state index in [1.807, 2.05) is 18.2 Å². The van der Waals surface area contributed by atoms with Crippen LogP contribution in [0.25, 0.3) is 16.6 Å². The van der Waals surface area contributed by atoms with Crippen LogP contribution in [0.3, 0.4) is 0 Å². The van der Waals surface area contributed by atoms with Crippen molar-refractivity contribution in [3.05, 3.63) is 58.5 Å². The van der Waals surface area contributed by atoms with E-state index in [1.54, 1.807) is 13.0 Å². The molecule has 1 heterocycles. The van der Waals surface area contributed by atoms with E-state index in [0.29, 0.717) is 16.8 Å². The monoisotopic (exact) mass is 421 g/mol. The van der Waals surface area contributed by atoms with Crippen LogP contribution in [0.15, 0.2) is 30.3 Å². The summed E-state index contributed by atoms with van der Waals surface area (Å²) in [6.45, 7) is 6.03. The van der Waals surface area contributed by atoms with Crippen LogP contribution in [0, 0.1) is 24.1 Å². The van der Waals surface area contributed by atoms with Gasteiger partial charge in [-0.3, -0.25) is 4.79 Å². The van der Waals surface area contributed by atoms with Crippen molar-refractivity contribution in [1.29, 1.82) is 5.41 Å². The van der Waals surface area contributed by atoms with Crippen LogP contribution in [0.1, 0.15) is 67.3 Å². The van der Waals surface area contributed by atoms with Crippen LogP contribution in [0.5, 0.6) is 0 Å². The third kappa shape index (κ3) is 3.60. The maximum Gasteiger partial charge on any atom is 0.303 e. The summed E-state index contributed by atoms with van der Waals surface area (Å²) in [7, 11) is 0. The molecule has 1 aliphatic carbocycles. The molecular weight excluding hydrogens is 393 g/mol. The van der Waals surface area contributed by atoms with Crippen molar-refractivity contribution in [2.75, 3.05) is 5.73 Å². The van der Waals surface area contributed by atoms with Gasteiger partial charge in [-0.1, -0.05) is 13.8 Å². The molecule has 4 rings (SSSR count). The first kappa shape index (κ1) is 21.1. The van der Waals surface area contributed by atoms with Gasteiger partial charge in [-0.15, -0.1) is 0 Å². The minimum Gasteiger partial charge on any atom is -0.481 e. The molecule has 6 heteroatoms. The number of halogens is 1. The van der Waals surface area contributed by atoms with Crippen molar-refractivity contribution < 1.29 is 14.3 Å². The Morgan fingerprint density at radius 3 is 2.61 bits per heavy atom. The Hall–Kier alpha value is -3.15. The number of nitrogens with two attached hydrogens (primary N) is 1. The second-order valence-electron chi connectivity index (χ2n) is 9.00. The van der Waals surface area contributed by atoms with E-state index >= 15 is 0 Å². The Morgan fingerprint density at radius 2 is 2.03 bits per heavy atom. The van der Waals surface area contributed by atoms with Crippen molar-refractivity contribution >= 4 is 28.8 Å². The van der Waals surface area contributed by atoms with Gasteiger partial charge >= 0.3 is 5.97 Å². The summed E-state index contributed by atoms with van der Waals surface area (Å²) in [6.07, 6.45) is 3.12. The summed E-state index contributed by atoms with van der Waals surface area (Å²) in [6, 6.07) is 8.99. The van der Waals surface area contributed by atoms with Crippen LogP contribution >= 0.6 is 0 Å². The van der Waals surface area contributed by atoms with E-state index < -0.39 is 5.97 Å². The molecule has 0 atom stereocenters. The molecule has 0 spiro atoms. The van der Waals surface area contributed by atoms with Crippen LogP contribution in [-0.2, 0) is 4.79 Å². The number of rotatable bonds is 6. The smallest absolute Gasteiger partial charge is 0.303 e. The molecule has 0 aliphatic heterocycles. The van der Waals surface area contributed by atoms with Crippen molar-refractivity contribution in [2.24, 2.45) is 5.92 Å². The van der Waals surface area contributed by atoms with E-state index in [-0.39, 0.29) is 30.0 Å². The number of aromatic nitrogens is 1. The van der Waals surface area contributed by atoms with E-state index in [4.69, 9.17) is 16.2 Å². The molecule has 0 bridgehead atoms. The molecule has 0 saturated heterocycles. The number of fused-ring (bicyclic) bond motifs is 1. The van der Waals surface area contributed by atoms with E-state index in [0.717, 1.165) is 35.1 Å². The maximum atomic E-state index is 14.0. The van der Waals surface area contributed by atoms with Gasteiger partial charge in [0.2, 0.25) is 0 Å². The average molecular weight is 422 g/mol. The highest BCUT2D eigenvalue weighted by molar-refractivity contribution is 5.98. The number of nitrogens with zero attached hydrogens (tertiary/aromatic N) is 1. The van der Waals surface area contributed by atoms with Gasteiger partial charge in [-0.25, -0.2) is 4.39 Å². The lowest BCUT2D eigenvalue weighted by molar-refractivity contribution is -0.138. The first-order valence-electron chi connectivity index (χ1n) is 10.7. The number of carboxylic acid groups (broad SMARTS) is 1. The summed E-state index contributed by atoms with van der Waals surface area (Å²) in [4.78, 5) is 11.1. The lowest BCUT2D eigenvalue weighted by Crippen LogP contribution is -2.25. The molecule has 162 valence electrons. The Balaban J connectivity index is 1.97. The molecule has 5 nitrogen and oxygen atoms in total. The number of nitrogens with one attached hydrogen (secondary N) is 1. The van der Waals surface area contributed by atoms with E-state index in [2.05, 4.69) is 18.4 Å². The van der Waals surface area contributed by atoms with Gasteiger partial charge in [-0.05, 0) is 79.0 Å². The van der Waals surface area contributed by atoms with Gasteiger partial charge in [0.15, 0.2) is 0 Å². The Kier molecular flexibility index (Phi) is 5.33. The second-order valence-corrected chi connectivity index (χ2v) is 9.00. The highest BCUT2D eigenvalue weighted by Gasteiger charge is 2.36. The summed E-state index contributed by atoms with van der Waals surface area (Å²) in [5.74, 6) is -0.358. The van der Waals surface area contributed by atoms with Gasteiger partial charge in [0.05, 0.1) is 5.52 Å². The first-order valence-corrected chi connectivity index (χ1v) is 10.7. The second kappa shape index (κ2) is 7.84. The molecule has 0 unspecified atom stereocenters. The fourth-order valence-corrected chi connectivity index (χ4v) is 4.96. The third-order valence-electron chi connectivity index (χ3n) is 6.46. The van der Waals surface area contributed by atoms with Gasteiger partial charge < -0.3 is 20.8 Å². The van der Waals surface area contributed by atoms with Gasteiger partial charge in [0.1, 0.15) is 5.82 Å². The predicted molar refractivity (Wildman–Crippen MR) is 122 cm³/mol. The molecule has 1 aliphatic rings. The Labute approximate surface area is 181 Å². The van der Waals surface area contributed by atoms with E-state index in [1.165, 1.54) is 17.8 Å². The third-order valence-corrected chi connectivity index (χ3v) is 6.46. The number of benzene rings is 2. The van der Waals surface area contributed by atoms with Gasteiger partial charge in [0, 0.05) is 40.7 Å². The van der Waals surface area contributed by atoms with Crippen LogP contribution in [0.2, 0.25) is 0 Å². The van der Waals surface area contributed by atoms with Crippen molar-refractivity contribution in [3.8, 4) is 5.69 Å². The van der Waals surface area contributed by atoms with Crippen molar-refractivity contribution in [2.45, 2.75) is 51.9 Å². The van der Waals surface area contributed by atoms with Crippen molar-refractivity contribution in [3.63, 3.8) is 0 Å². The predicted octanol–water partition coefficient (Wildman–Crippen LogP) is 5.75. The van der Waals surface area contributed by atoms with Crippen LogP contribution < -0.4 is 5.73 Å². The van der Waals surface area contributed by atoms with Crippen LogP contribution in [-0.4, -0.2) is 21.9 Å². The van der Waals surface area contributed by atoms with E-state index in [9.17, 15) is 9.18 Å². The molecule has 0 radical (unpaired) electrons. The first-order chi connectivity index (χ1) is 14.7. The molecule has 31 heavy (non-hydrogen) atoms. The summed E-state index contributed by atoms with van der Waals surface area (Å²) >= 11 is 0. The Morgan fingerprint density at radius 1 is 1.32 bits per heavy atom. The number of anilines is 1. The number of hydrogen-bond acceptors (Lipinski definition) is 3. The molecule has 3 aromatic rings. The summed E-state index contributed by atoms with van der Waals surface area (Å²) < 4.78 is 16.2. The zero-order chi connectivity index (χ0) is 22.4. The largest absolute Gasteiger partial charge is 0.481 e. The summed E-state index contributed by atoms with van der Waals surface area (Å²) in [5, 5.41) is 17.9. The zero-order valence-electron chi connectivity index (χ0n) is 18.1.